The maximum Gasteiger partial charge on any atom is 0.416 e. The van der Waals surface area contributed by atoms with E-state index in [4.69, 9.17) is 0 Å². The highest BCUT2D eigenvalue weighted by atomic mass is 127. The Morgan fingerprint density at radius 1 is 1.07 bits per heavy atom. The van der Waals surface area contributed by atoms with E-state index < -0.39 is 11.7 Å². The molecule has 9 heteroatoms. The van der Waals surface area contributed by atoms with Gasteiger partial charge in [-0.2, -0.15) is 13.2 Å². The second kappa shape index (κ2) is 9.95. The van der Waals surface area contributed by atoms with E-state index >= 15 is 0 Å². The van der Waals surface area contributed by atoms with E-state index in [0.29, 0.717) is 24.6 Å². The van der Waals surface area contributed by atoms with E-state index in [1.165, 1.54) is 12.1 Å². The summed E-state index contributed by atoms with van der Waals surface area (Å²) in [7, 11) is 1.96. The monoisotopic (exact) mass is 517 g/mol. The molecule has 0 radical (unpaired) electrons. The number of nitrogens with one attached hydrogen (secondary N) is 2. The van der Waals surface area contributed by atoms with Crippen molar-refractivity contribution in [1.82, 2.24) is 20.2 Å². The maximum atomic E-state index is 12.6. The molecule has 5 nitrogen and oxygen atoms in total. The Morgan fingerprint density at radius 3 is 2.38 bits per heavy atom. The lowest BCUT2D eigenvalue weighted by atomic mass is 10.1. The van der Waals surface area contributed by atoms with Crippen LogP contribution < -0.4 is 10.6 Å². The molecule has 3 rings (SSSR count). The van der Waals surface area contributed by atoms with E-state index in [2.05, 4.69) is 20.6 Å². The third-order valence-corrected chi connectivity index (χ3v) is 4.34. The van der Waals surface area contributed by atoms with Gasteiger partial charge in [0.2, 0.25) is 0 Å². The molecule has 3 aromatic rings. The van der Waals surface area contributed by atoms with Gasteiger partial charge in [-0.1, -0.05) is 24.3 Å². The molecule has 29 heavy (non-hydrogen) atoms. The van der Waals surface area contributed by atoms with E-state index in [9.17, 15) is 13.2 Å². The molecule has 0 aliphatic heterocycles. The van der Waals surface area contributed by atoms with Crippen LogP contribution in [-0.2, 0) is 26.3 Å². The summed E-state index contributed by atoms with van der Waals surface area (Å²) < 4.78 is 40.0. The van der Waals surface area contributed by atoms with E-state index in [1.807, 2.05) is 42.8 Å². The van der Waals surface area contributed by atoms with Crippen molar-refractivity contribution in [3.8, 4) is 0 Å². The molecule has 156 valence electrons. The van der Waals surface area contributed by atoms with Gasteiger partial charge in [-0.25, -0.2) is 9.98 Å². The van der Waals surface area contributed by atoms with Crippen molar-refractivity contribution in [3.05, 3.63) is 65.5 Å². The van der Waals surface area contributed by atoms with E-state index in [-0.39, 0.29) is 30.5 Å². The molecule has 0 atom stereocenters. The van der Waals surface area contributed by atoms with Crippen molar-refractivity contribution in [2.75, 3.05) is 6.54 Å². The molecule has 1 aromatic heterocycles. The average molecular weight is 517 g/mol. The number of para-hydroxylation sites is 2. The molecular weight excluding hydrogens is 494 g/mol. The fraction of sp³-hybridized carbons (Fsp3) is 0.300. The predicted molar refractivity (Wildman–Crippen MR) is 119 cm³/mol. The molecular formula is C20H23F3IN5. The summed E-state index contributed by atoms with van der Waals surface area (Å²) in [5, 5.41) is 6.35. The average Bonchev–Trinajstić information content (AvgIpc) is 3.00. The minimum absolute atomic E-state index is 0. The normalized spacial score (nSPS) is 12.0. The molecule has 0 amide bonds. The number of benzene rings is 2. The van der Waals surface area contributed by atoms with Gasteiger partial charge in [0, 0.05) is 13.6 Å². The highest BCUT2D eigenvalue weighted by molar-refractivity contribution is 14.0. The van der Waals surface area contributed by atoms with Gasteiger partial charge in [0.25, 0.3) is 0 Å². The van der Waals surface area contributed by atoms with Crippen molar-refractivity contribution < 1.29 is 13.2 Å². The molecule has 0 unspecified atom stereocenters. The minimum Gasteiger partial charge on any atom is -0.357 e. The molecule has 1 heterocycles. The number of aromatic nitrogens is 2. The zero-order chi connectivity index (χ0) is 20.1. The quantitative estimate of drug-likeness (QED) is 0.299. The van der Waals surface area contributed by atoms with Crippen LogP contribution in [0.1, 0.15) is 23.9 Å². The Kier molecular flexibility index (Phi) is 7.88. The molecule has 2 aromatic carbocycles. The topological polar surface area (TPSA) is 54.2 Å². The summed E-state index contributed by atoms with van der Waals surface area (Å²) in [4.78, 5) is 9.06. The third-order valence-electron chi connectivity index (χ3n) is 4.34. The van der Waals surface area contributed by atoms with Crippen molar-refractivity contribution in [2.45, 2.75) is 26.2 Å². The highest BCUT2D eigenvalue weighted by Crippen LogP contribution is 2.29. The van der Waals surface area contributed by atoms with Crippen molar-refractivity contribution in [2.24, 2.45) is 12.0 Å². The first-order valence-corrected chi connectivity index (χ1v) is 8.97. The maximum absolute atomic E-state index is 12.6. The molecule has 0 aliphatic rings. The Balaban J connectivity index is 0.00000300. The molecule has 0 fully saturated rings. The number of aryl methyl sites for hydroxylation is 1. The molecule has 0 saturated carbocycles. The van der Waals surface area contributed by atoms with Crippen molar-refractivity contribution in [1.29, 1.82) is 0 Å². The summed E-state index contributed by atoms with van der Waals surface area (Å²) in [6.07, 6.45) is -4.33. The van der Waals surface area contributed by atoms with Crippen LogP contribution in [0.5, 0.6) is 0 Å². The summed E-state index contributed by atoms with van der Waals surface area (Å²) in [6.45, 7) is 3.37. The zero-order valence-corrected chi connectivity index (χ0v) is 18.5. The number of hydrogen-bond acceptors (Lipinski definition) is 2. The van der Waals surface area contributed by atoms with Crippen LogP contribution in [0, 0.1) is 0 Å². The van der Waals surface area contributed by atoms with Crippen molar-refractivity contribution >= 4 is 41.0 Å². The smallest absolute Gasteiger partial charge is 0.357 e. The van der Waals surface area contributed by atoms with Crippen LogP contribution >= 0.6 is 24.0 Å². The van der Waals surface area contributed by atoms with Crippen LogP contribution in [-0.4, -0.2) is 22.1 Å². The van der Waals surface area contributed by atoms with Crippen LogP contribution in [0.25, 0.3) is 11.0 Å². The van der Waals surface area contributed by atoms with Gasteiger partial charge in [0.15, 0.2) is 5.96 Å². The predicted octanol–water partition coefficient (Wildman–Crippen LogP) is 4.47. The second-order valence-electron chi connectivity index (χ2n) is 6.32. The third kappa shape index (κ3) is 5.84. The van der Waals surface area contributed by atoms with Crippen LogP contribution in [0.3, 0.4) is 0 Å². The Bertz CT molecular complexity index is 964. The van der Waals surface area contributed by atoms with Gasteiger partial charge < -0.3 is 15.2 Å². The lowest BCUT2D eigenvalue weighted by Gasteiger charge is -2.11. The largest absolute Gasteiger partial charge is 0.416 e. The first kappa shape index (κ1) is 23.0. The lowest BCUT2D eigenvalue weighted by Crippen LogP contribution is -2.37. The Hall–Kier alpha value is -2.30. The number of guanidine groups is 1. The molecule has 0 saturated heterocycles. The minimum atomic E-state index is -4.33. The lowest BCUT2D eigenvalue weighted by molar-refractivity contribution is -0.137. The number of alkyl halides is 3. The number of aliphatic imine (C=N–C) groups is 1. The number of nitrogens with zero attached hydrogens (tertiary/aromatic N) is 3. The molecule has 0 bridgehead atoms. The number of fused-ring (bicyclic) bond motifs is 1. The van der Waals surface area contributed by atoms with Crippen LogP contribution in [0.2, 0.25) is 0 Å². The first-order chi connectivity index (χ1) is 13.4. The zero-order valence-electron chi connectivity index (χ0n) is 16.1. The van der Waals surface area contributed by atoms with E-state index in [1.54, 1.807) is 0 Å². The Labute approximate surface area is 184 Å². The van der Waals surface area contributed by atoms with Crippen LogP contribution in [0.4, 0.5) is 13.2 Å². The van der Waals surface area contributed by atoms with Gasteiger partial charge in [-0.3, -0.25) is 0 Å². The number of halogens is 4. The first-order valence-electron chi connectivity index (χ1n) is 8.97. The van der Waals surface area contributed by atoms with Gasteiger partial charge >= 0.3 is 6.18 Å². The molecule has 0 aliphatic carbocycles. The van der Waals surface area contributed by atoms with Gasteiger partial charge in [0.1, 0.15) is 5.82 Å². The SMILES string of the molecule is CCNC(=NCc1ccc(C(F)(F)F)cc1)NCc1nc2ccccc2n1C.I. The number of hydrogen-bond donors (Lipinski definition) is 2. The summed E-state index contributed by atoms with van der Waals surface area (Å²) in [5.41, 5.74) is 2.01. The Morgan fingerprint density at radius 2 is 1.76 bits per heavy atom. The number of imidazole rings is 1. The van der Waals surface area contributed by atoms with Crippen molar-refractivity contribution in [3.63, 3.8) is 0 Å². The van der Waals surface area contributed by atoms with Crippen LogP contribution in [0.15, 0.2) is 53.5 Å². The number of rotatable bonds is 5. The highest BCUT2D eigenvalue weighted by Gasteiger charge is 2.29. The van der Waals surface area contributed by atoms with Gasteiger partial charge in [-0.05, 0) is 36.8 Å². The molecule has 2 N–H and O–H groups in total. The standard InChI is InChI=1S/C20H22F3N5.HI/c1-3-24-19(25-12-14-8-10-15(11-9-14)20(21,22)23)26-13-18-27-16-6-4-5-7-17(16)28(18)2;/h4-11H,3,12-13H2,1-2H3,(H2,24,25,26);1H. The summed E-state index contributed by atoms with van der Waals surface area (Å²) >= 11 is 0. The van der Waals surface area contributed by atoms with Gasteiger partial charge in [0.05, 0.1) is 29.7 Å². The molecule has 0 spiro atoms. The van der Waals surface area contributed by atoms with E-state index in [0.717, 1.165) is 29.0 Å². The van der Waals surface area contributed by atoms with Gasteiger partial charge in [-0.15, -0.1) is 24.0 Å². The summed E-state index contributed by atoms with van der Waals surface area (Å²) in [6, 6.07) is 12.9. The second-order valence-corrected chi connectivity index (χ2v) is 6.32. The fourth-order valence-corrected chi connectivity index (χ4v) is 2.83. The fourth-order valence-electron chi connectivity index (χ4n) is 2.83. The summed E-state index contributed by atoms with van der Waals surface area (Å²) in [5.74, 6) is 1.44.